The second-order valence-corrected chi connectivity index (χ2v) is 1.87. The van der Waals surface area contributed by atoms with Gasteiger partial charge in [0.15, 0.2) is 0 Å². The quantitative estimate of drug-likeness (QED) is 0.536. The lowest BCUT2D eigenvalue weighted by molar-refractivity contribution is -0.677. The molecule has 1 N–H and O–H groups in total. The summed E-state index contributed by atoms with van der Waals surface area (Å²) >= 11 is 0. The van der Waals surface area contributed by atoms with Crippen LogP contribution < -0.4 is 4.57 Å². The summed E-state index contributed by atoms with van der Waals surface area (Å²) in [5, 5.41) is 0. The molecule has 9 heavy (non-hydrogen) atoms. The maximum Gasteiger partial charge on any atom is 0.253 e. The van der Waals surface area contributed by atoms with E-state index in [9.17, 15) is 0 Å². The summed E-state index contributed by atoms with van der Waals surface area (Å²) in [7, 11) is 2.04. The Labute approximate surface area is 61.3 Å². The summed E-state index contributed by atoms with van der Waals surface area (Å²) in [5.74, 6) is 1.27. The van der Waals surface area contributed by atoms with Crippen LogP contribution in [0.25, 0.3) is 0 Å². The first-order valence-electron chi connectivity index (χ1n) is 2.86. The highest BCUT2D eigenvalue weighted by molar-refractivity contribution is 4.74. The Bertz CT molecular complexity index is 171. The van der Waals surface area contributed by atoms with Crippen LogP contribution in [0.5, 0.6) is 0 Å². The molecule has 0 aliphatic carbocycles. The Morgan fingerprint density at radius 1 is 1.67 bits per heavy atom. The average molecular weight is 149 g/mol. The van der Waals surface area contributed by atoms with Crippen LogP contribution in [-0.4, -0.2) is 4.98 Å². The Hall–Kier alpha value is -0.500. The van der Waals surface area contributed by atoms with E-state index in [-0.39, 0.29) is 12.4 Å². The van der Waals surface area contributed by atoms with Crippen molar-refractivity contribution in [2.24, 2.45) is 7.05 Å². The molecule has 0 atom stereocenters. The number of hydrogen-bond acceptors (Lipinski definition) is 0. The van der Waals surface area contributed by atoms with Gasteiger partial charge in [0, 0.05) is 6.42 Å². The van der Waals surface area contributed by atoms with Gasteiger partial charge in [-0.05, 0) is 0 Å². The zero-order valence-corrected chi connectivity index (χ0v) is 6.65. The molecule has 2 nitrogen and oxygen atoms in total. The van der Waals surface area contributed by atoms with E-state index in [0.717, 1.165) is 6.42 Å². The number of nitrogens with one attached hydrogen (secondary N) is 1. The van der Waals surface area contributed by atoms with Gasteiger partial charge in [-0.1, -0.05) is 6.92 Å². The van der Waals surface area contributed by atoms with Crippen LogP contribution in [0.15, 0.2) is 12.4 Å². The molecule has 3 heteroatoms. The Morgan fingerprint density at radius 2 is 2.33 bits per heavy atom. The van der Waals surface area contributed by atoms with E-state index in [1.54, 1.807) is 0 Å². The van der Waals surface area contributed by atoms with E-state index < -0.39 is 0 Å². The molecule has 0 saturated carbocycles. The standard InChI is InChI=1S/C6H10N2.ClH2/c1-3-6-7-4-5-8(6)2;/h4-5H,3H2,1-2H3;1H2/q;+1/p+1. The van der Waals surface area contributed by atoms with Crippen LogP contribution in [0.4, 0.5) is 0 Å². The zero-order chi connectivity index (χ0) is 5.98. The average Bonchev–Trinajstić information content (AvgIpc) is 2.14. The predicted octanol–water partition coefficient (Wildman–Crippen LogP) is -0.134. The molecule has 52 valence electrons. The van der Waals surface area contributed by atoms with Crippen LogP contribution in [0.1, 0.15) is 12.7 Å². The fourth-order valence-electron chi connectivity index (χ4n) is 0.789. The van der Waals surface area contributed by atoms with Crippen molar-refractivity contribution in [2.75, 3.05) is 0 Å². The summed E-state index contributed by atoms with van der Waals surface area (Å²) in [4.78, 5) is 3.12. The second kappa shape index (κ2) is 3.51. The molecule has 0 amide bonds. The van der Waals surface area contributed by atoms with Crippen molar-refractivity contribution in [3.05, 3.63) is 18.2 Å². The van der Waals surface area contributed by atoms with Gasteiger partial charge < -0.3 is 0 Å². The lowest BCUT2D eigenvalue weighted by Crippen LogP contribution is -2.29. The van der Waals surface area contributed by atoms with Crippen LogP contribution >= 0.6 is 0 Å². The number of aromatic amines is 1. The molecule has 0 unspecified atom stereocenters. The first-order valence-corrected chi connectivity index (χ1v) is 2.86. The molecular weight excluding hydrogens is 136 g/mol. The van der Waals surface area contributed by atoms with Crippen molar-refractivity contribution in [3.63, 3.8) is 0 Å². The number of aryl methyl sites for hydroxylation is 2. The molecule has 0 aliphatic heterocycles. The molecular formula is C6H13ClN2+2. The minimum atomic E-state index is 0. The minimum absolute atomic E-state index is 0. The summed E-state index contributed by atoms with van der Waals surface area (Å²) in [6.07, 6.45) is 5.03. The SMILES string of the molecule is CCc1[nH]cc[n+]1C.[ClH2+]. The number of nitrogens with zero attached hydrogens (tertiary/aromatic N) is 1. The molecule has 1 aromatic rings. The van der Waals surface area contributed by atoms with Crippen molar-refractivity contribution in [2.45, 2.75) is 13.3 Å². The molecule has 0 saturated heterocycles. The molecule has 1 aromatic heterocycles. The summed E-state index contributed by atoms with van der Waals surface area (Å²) in [6, 6.07) is 0. The maximum absolute atomic E-state index is 3.12. The largest absolute Gasteiger partial charge is 0.253 e. The van der Waals surface area contributed by atoms with E-state index in [2.05, 4.69) is 16.5 Å². The third-order valence-electron chi connectivity index (χ3n) is 1.31. The van der Waals surface area contributed by atoms with E-state index in [1.807, 2.05) is 19.4 Å². The monoisotopic (exact) mass is 148 g/mol. The fourth-order valence-corrected chi connectivity index (χ4v) is 0.789. The number of H-pyrrole nitrogens is 1. The van der Waals surface area contributed by atoms with E-state index in [4.69, 9.17) is 0 Å². The lowest BCUT2D eigenvalue weighted by atomic mass is 10.5. The van der Waals surface area contributed by atoms with Gasteiger partial charge in [0.25, 0.3) is 5.82 Å². The number of hydrogen-bond donors (Lipinski definition) is 1. The molecule has 0 radical (unpaired) electrons. The highest BCUT2D eigenvalue weighted by Gasteiger charge is 1.99. The van der Waals surface area contributed by atoms with Gasteiger partial charge in [-0.2, -0.15) is 0 Å². The normalized spacial score (nSPS) is 8.67. The van der Waals surface area contributed by atoms with Crippen molar-refractivity contribution in [1.82, 2.24) is 4.98 Å². The zero-order valence-electron chi connectivity index (χ0n) is 5.76. The molecule has 0 bridgehead atoms. The third kappa shape index (κ3) is 1.72. The third-order valence-corrected chi connectivity index (χ3v) is 1.31. The Balaban J connectivity index is 0.000000640. The van der Waals surface area contributed by atoms with E-state index in [0.29, 0.717) is 0 Å². The summed E-state index contributed by atoms with van der Waals surface area (Å²) < 4.78 is 2.08. The van der Waals surface area contributed by atoms with Gasteiger partial charge in [0.05, 0.1) is 19.5 Å². The fraction of sp³-hybridized carbons (Fsp3) is 0.500. The van der Waals surface area contributed by atoms with Crippen molar-refractivity contribution >= 4 is 0 Å². The first kappa shape index (κ1) is 8.50. The molecule has 0 spiro atoms. The molecule has 0 fully saturated rings. The molecule has 0 aliphatic rings. The highest BCUT2D eigenvalue weighted by atomic mass is 35.5. The second-order valence-electron chi connectivity index (χ2n) is 1.87. The molecule has 1 rings (SSSR count). The number of imidazole rings is 1. The smallest absolute Gasteiger partial charge is 0.248 e. The van der Waals surface area contributed by atoms with Crippen molar-refractivity contribution in [3.8, 4) is 0 Å². The van der Waals surface area contributed by atoms with Crippen molar-refractivity contribution < 1.29 is 17.0 Å². The van der Waals surface area contributed by atoms with Gasteiger partial charge in [0.1, 0.15) is 12.4 Å². The van der Waals surface area contributed by atoms with Gasteiger partial charge >= 0.3 is 0 Å². The van der Waals surface area contributed by atoms with Crippen LogP contribution in [0, 0.1) is 12.4 Å². The van der Waals surface area contributed by atoms with E-state index >= 15 is 0 Å². The summed E-state index contributed by atoms with van der Waals surface area (Å²) in [5.41, 5.74) is 0. The van der Waals surface area contributed by atoms with Gasteiger partial charge in [0.2, 0.25) is 0 Å². The van der Waals surface area contributed by atoms with E-state index in [1.165, 1.54) is 5.82 Å². The van der Waals surface area contributed by atoms with Crippen LogP contribution in [-0.2, 0) is 13.5 Å². The van der Waals surface area contributed by atoms with Crippen LogP contribution in [0.3, 0.4) is 0 Å². The number of aromatic nitrogens is 2. The topological polar surface area (TPSA) is 19.7 Å². The van der Waals surface area contributed by atoms with Gasteiger partial charge in [-0.15, -0.1) is 0 Å². The lowest BCUT2D eigenvalue weighted by Gasteiger charge is -1.83. The van der Waals surface area contributed by atoms with Crippen LogP contribution in [0.2, 0.25) is 0 Å². The van der Waals surface area contributed by atoms with Gasteiger partial charge in [-0.25, -0.2) is 9.55 Å². The maximum atomic E-state index is 3.12. The predicted molar refractivity (Wildman–Crippen MR) is 34.1 cm³/mol. The van der Waals surface area contributed by atoms with Gasteiger partial charge in [-0.3, -0.25) is 0 Å². The number of halogens is 1. The van der Waals surface area contributed by atoms with Crippen molar-refractivity contribution in [1.29, 1.82) is 0 Å². The highest BCUT2D eigenvalue weighted by Crippen LogP contribution is 1.82. The molecule has 0 aromatic carbocycles. The molecule has 1 heterocycles. The minimum Gasteiger partial charge on any atom is -0.248 e. The first-order chi connectivity index (χ1) is 3.84. The Kier molecular flexibility index (Phi) is 3.32. The Morgan fingerprint density at radius 3 is 2.56 bits per heavy atom. The number of rotatable bonds is 1. The summed E-state index contributed by atoms with van der Waals surface area (Å²) in [6.45, 7) is 2.13.